The maximum Gasteiger partial charge on any atom is 0.306 e. The molecule has 0 rings (SSSR count). The first-order chi connectivity index (χ1) is 25.4. The third-order valence-electron chi connectivity index (χ3n) is 9.14. The third kappa shape index (κ3) is 38.5. The second-order valence-corrected chi connectivity index (χ2v) is 17.0. The van der Waals surface area contributed by atoms with Gasteiger partial charge in [0, 0.05) is 14.2 Å². The molecule has 52 heavy (non-hydrogen) atoms. The fraction of sp³-hybridized carbons (Fsp3) is 0.905. The van der Waals surface area contributed by atoms with Crippen LogP contribution in [0.3, 0.4) is 0 Å². The number of hydrogen-bond acceptors (Lipinski definition) is 8. The maximum atomic E-state index is 12.7. The number of quaternary nitrogens is 1. The first kappa shape index (κ1) is 48.8. The number of rotatable bonds is 39. The Morgan fingerprint density at radius 1 is 0.635 bits per heavy atom. The molecular formula is C42H82NO8P. The Labute approximate surface area is 322 Å². The molecule has 0 aromatic heterocycles. The predicted molar refractivity (Wildman–Crippen MR) is 213 cm³/mol. The van der Waals surface area contributed by atoms with Gasteiger partial charge in [-0.15, -0.1) is 0 Å². The first-order valence-electron chi connectivity index (χ1n) is 21.8. The van der Waals surface area contributed by atoms with Crippen LogP contribution in [0.1, 0.15) is 195 Å². The monoisotopic (exact) mass is 762 g/mol. The quantitative estimate of drug-likeness (QED) is 0.0152. The number of phosphoric acid groups is 1. The van der Waals surface area contributed by atoms with E-state index in [1.54, 1.807) is 0 Å². The van der Waals surface area contributed by atoms with Crippen LogP contribution in [0.15, 0.2) is 12.2 Å². The van der Waals surface area contributed by atoms with Gasteiger partial charge in [0.25, 0.3) is 7.82 Å². The van der Waals surface area contributed by atoms with Crippen LogP contribution in [0, 0.1) is 0 Å². The van der Waals surface area contributed by atoms with Gasteiger partial charge in [-0.3, -0.25) is 14.2 Å². The number of carbonyl (C=O) groups excluding carboxylic acids is 2. The lowest BCUT2D eigenvalue weighted by atomic mass is 10.0. The van der Waals surface area contributed by atoms with Crippen molar-refractivity contribution in [3.05, 3.63) is 12.2 Å². The Morgan fingerprint density at radius 2 is 1.10 bits per heavy atom. The number of allylic oxidation sites excluding steroid dienone is 2. The number of nitrogens with zero attached hydrogens (tertiary/aromatic N) is 1. The summed E-state index contributed by atoms with van der Waals surface area (Å²) in [6.45, 7) is 4.14. The molecule has 0 heterocycles. The molecule has 0 aliphatic carbocycles. The zero-order valence-corrected chi connectivity index (χ0v) is 35.3. The highest BCUT2D eigenvalue weighted by Gasteiger charge is 2.21. The van der Waals surface area contributed by atoms with Crippen LogP contribution in [0.4, 0.5) is 0 Å². The Morgan fingerprint density at radius 3 is 1.62 bits per heavy atom. The fourth-order valence-electron chi connectivity index (χ4n) is 5.76. The largest absolute Gasteiger partial charge is 0.756 e. The molecule has 0 amide bonds. The van der Waals surface area contributed by atoms with Crippen molar-refractivity contribution in [1.82, 2.24) is 0 Å². The summed E-state index contributed by atoms with van der Waals surface area (Å²) in [5.41, 5.74) is 0. The van der Waals surface area contributed by atoms with Gasteiger partial charge in [0.05, 0.1) is 27.7 Å². The molecule has 0 saturated carbocycles. The van der Waals surface area contributed by atoms with E-state index < -0.39 is 32.5 Å². The average Bonchev–Trinajstić information content (AvgIpc) is 3.10. The van der Waals surface area contributed by atoms with Crippen LogP contribution in [0.25, 0.3) is 0 Å². The van der Waals surface area contributed by atoms with Gasteiger partial charge in [0.2, 0.25) is 0 Å². The summed E-state index contributed by atoms with van der Waals surface area (Å²) in [7, 11) is 1.14. The van der Waals surface area contributed by atoms with Crippen molar-refractivity contribution in [2.24, 2.45) is 0 Å². The van der Waals surface area contributed by atoms with Crippen molar-refractivity contribution in [2.75, 3.05) is 47.5 Å². The van der Waals surface area contributed by atoms with E-state index in [1.165, 1.54) is 89.9 Å². The van der Waals surface area contributed by atoms with Crippen LogP contribution in [-0.4, -0.2) is 70.0 Å². The van der Waals surface area contributed by atoms with Crippen LogP contribution < -0.4 is 4.89 Å². The molecule has 0 aromatic rings. The molecule has 0 fully saturated rings. The molecule has 0 aliphatic heterocycles. The van der Waals surface area contributed by atoms with Gasteiger partial charge >= 0.3 is 11.9 Å². The summed E-state index contributed by atoms with van der Waals surface area (Å²) in [5, 5.41) is 0. The Kier molecular flexibility index (Phi) is 33.2. The van der Waals surface area contributed by atoms with E-state index in [1.807, 2.05) is 27.2 Å². The minimum absolute atomic E-state index is 0.0386. The minimum Gasteiger partial charge on any atom is -0.756 e. The Bertz CT molecular complexity index is 945. The zero-order valence-electron chi connectivity index (χ0n) is 35.4. The maximum absolute atomic E-state index is 12.7. The van der Waals surface area contributed by atoms with Crippen molar-refractivity contribution < 1.29 is 43.4 Å². The van der Waals surface area contributed by atoms with Gasteiger partial charge in [-0.2, -0.15) is 0 Å². The standard InChI is InChI=1S/C42H82NO8P/c1-6-8-10-12-14-16-18-20-21-23-25-27-29-31-33-35-42(45)51-40(39-50-52(46,47)49-37-36-43(3,4)5)38-48-41(44)34-32-30-28-26-24-22-19-17-15-13-11-9-7-2/h20-21,40H,6-19,22-39H2,1-5H3/b21-20-/t40-/m1/s1/i18D,20+1/t18?,40-. The van der Waals surface area contributed by atoms with Gasteiger partial charge in [0.15, 0.2) is 6.10 Å². The number of carbonyl (C=O) groups is 2. The van der Waals surface area contributed by atoms with Gasteiger partial charge < -0.3 is 27.9 Å². The highest BCUT2D eigenvalue weighted by atomic mass is 31.2. The van der Waals surface area contributed by atoms with Crippen molar-refractivity contribution in [3.8, 4) is 0 Å². The van der Waals surface area contributed by atoms with Crippen LogP contribution in [-0.2, 0) is 32.7 Å². The van der Waals surface area contributed by atoms with E-state index in [2.05, 4.69) is 19.9 Å². The van der Waals surface area contributed by atoms with Gasteiger partial charge in [-0.05, 0) is 38.5 Å². The second kappa shape index (κ2) is 35.5. The molecule has 0 radical (unpaired) electrons. The summed E-state index contributed by atoms with van der Waals surface area (Å²) in [4.78, 5) is 37.5. The lowest BCUT2D eigenvalue weighted by Crippen LogP contribution is -2.37. The van der Waals surface area contributed by atoms with Gasteiger partial charge in [-0.25, -0.2) is 0 Å². The summed E-state index contributed by atoms with van der Waals surface area (Å²) in [6.07, 6.45) is 32.0. The smallest absolute Gasteiger partial charge is 0.306 e. The van der Waals surface area contributed by atoms with E-state index in [0.29, 0.717) is 17.4 Å². The number of hydrogen-bond donors (Lipinski definition) is 0. The molecule has 0 N–H and O–H groups in total. The van der Waals surface area contributed by atoms with Crippen LogP contribution in [0.2, 0.25) is 0 Å². The predicted octanol–water partition coefficient (Wildman–Crippen LogP) is 11.2. The number of ether oxygens (including phenoxy) is 2. The Balaban J connectivity index is 4.43. The van der Waals surface area contributed by atoms with E-state index in [-0.39, 0.29) is 32.5 Å². The van der Waals surface area contributed by atoms with Crippen molar-refractivity contribution in [3.63, 3.8) is 0 Å². The summed E-state index contributed by atoms with van der Waals surface area (Å²) >= 11 is 0. The summed E-state index contributed by atoms with van der Waals surface area (Å²) in [5.74, 6) is -0.869. The third-order valence-corrected chi connectivity index (χ3v) is 10.1. The minimum atomic E-state index is -4.63. The van der Waals surface area contributed by atoms with Gasteiger partial charge in [-0.1, -0.05) is 154 Å². The lowest BCUT2D eigenvalue weighted by molar-refractivity contribution is -0.870. The molecular weight excluding hydrogens is 678 g/mol. The Hall–Kier alpha value is -1.25. The van der Waals surface area contributed by atoms with Crippen LogP contribution in [0.5, 0.6) is 0 Å². The SMILES string of the molecule is [2H]C(CCCCCCC)/[13CH]=C\CCCCCCCC(=O)O[C@H](COC(=O)CCCCCCCCCCCCCCC)COP(=O)([O-])OCC[N+](C)(C)C. The average molecular weight is 762 g/mol. The topological polar surface area (TPSA) is 111 Å². The molecule has 308 valence electrons. The molecule has 3 atom stereocenters. The van der Waals surface area contributed by atoms with Gasteiger partial charge in [0.1, 0.15) is 19.8 Å². The highest BCUT2D eigenvalue weighted by Crippen LogP contribution is 2.38. The van der Waals surface area contributed by atoms with Crippen molar-refractivity contribution >= 4 is 19.8 Å². The number of esters is 2. The molecule has 0 aromatic carbocycles. The molecule has 0 spiro atoms. The van der Waals surface area contributed by atoms with Crippen molar-refractivity contribution in [1.29, 1.82) is 0 Å². The molecule has 0 saturated heterocycles. The normalized spacial score (nSPS) is 14.6. The van der Waals surface area contributed by atoms with E-state index >= 15 is 0 Å². The zero-order chi connectivity index (χ0) is 39.5. The molecule has 0 aliphatic rings. The molecule has 2 unspecified atom stereocenters. The summed E-state index contributed by atoms with van der Waals surface area (Å²) < 4.78 is 42.0. The van der Waals surface area contributed by atoms with E-state index in [4.69, 9.17) is 19.9 Å². The number of phosphoric ester groups is 1. The second-order valence-electron chi connectivity index (χ2n) is 15.6. The van der Waals surface area contributed by atoms with Crippen LogP contribution >= 0.6 is 7.82 Å². The molecule has 9 nitrogen and oxygen atoms in total. The fourth-order valence-corrected chi connectivity index (χ4v) is 6.49. The van der Waals surface area contributed by atoms with E-state index in [0.717, 1.165) is 64.2 Å². The number of unbranched alkanes of at least 4 members (excludes halogenated alkanes) is 21. The molecule has 0 bridgehead atoms. The van der Waals surface area contributed by atoms with E-state index in [9.17, 15) is 19.0 Å². The summed E-state index contributed by atoms with van der Waals surface area (Å²) in [6, 6.07) is 0. The highest BCUT2D eigenvalue weighted by molar-refractivity contribution is 7.45. The number of likely N-dealkylation sites (N-methyl/N-ethyl adjacent to an activating group) is 1. The molecule has 10 heteroatoms. The first-order valence-corrected chi connectivity index (χ1v) is 22.7. The lowest BCUT2D eigenvalue weighted by Gasteiger charge is -2.28. The van der Waals surface area contributed by atoms with Crippen molar-refractivity contribution in [2.45, 2.75) is 200 Å².